The second-order valence-corrected chi connectivity index (χ2v) is 9.41. The number of rotatable bonds is 5. The smallest absolute Gasteiger partial charge is 0.261 e. The van der Waals surface area contributed by atoms with Gasteiger partial charge in [0.25, 0.3) is 5.91 Å². The molecule has 5 nitrogen and oxygen atoms in total. The summed E-state index contributed by atoms with van der Waals surface area (Å²) < 4.78 is 7.16. The van der Waals surface area contributed by atoms with Crippen LogP contribution in [0, 0.1) is 0 Å². The number of benzene rings is 2. The van der Waals surface area contributed by atoms with Gasteiger partial charge in [-0.15, -0.1) is 12.4 Å². The SMILES string of the molecule is Cl.O=C(c1cc(Br)ccc1Cl)N(CCN1CCOCC1)c1nc2ccc(Cl)cc2s1. The Morgan fingerprint density at radius 1 is 1.20 bits per heavy atom. The molecule has 2 aromatic carbocycles. The maximum atomic E-state index is 13.5. The van der Waals surface area contributed by atoms with Crippen LogP contribution < -0.4 is 4.90 Å². The van der Waals surface area contributed by atoms with Crippen molar-refractivity contribution < 1.29 is 9.53 Å². The molecule has 0 spiro atoms. The van der Waals surface area contributed by atoms with Gasteiger partial charge in [-0.1, -0.05) is 50.5 Å². The van der Waals surface area contributed by atoms with E-state index < -0.39 is 0 Å². The molecule has 0 bridgehead atoms. The first-order chi connectivity index (χ1) is 14.0. The average Bonchev–Trinajstić information content (AvgIpc) is 3.13. The number of carbonyl (C=O) groups excluding carboxylic acids is 1. The van der Waals surface area contributed by atoms with Gasteiger partial charge < -0.3 is 4.74 Å². The molecule has 0 unspecified atom stereocenters. The van der Waals surface area contributed by atoms with Crippen molar-refractivity contribution in [2.24, 2.45) is 0 Å². The van der Waals surface area contributed by atoms with E-state index >= 15 is 0 Å². The van der Waals surface area contributed by atoms with Gasteiger partial charge in [0, 0.05) is 35.7 Å². The number of thiazole rings is 1. The van der Waals surface area contributed by atoms with Crippen LogP contribution in [0.4, 0.5) is 5.13 Å². The highest BCUT2D eigenvalue weighted by molar-refractivity contribution is 9.10. The molecule has 160 valence electrons. The zero-order chi connectivity index (χ0) is 20.4. The molecule has 0 atom stereocenters. The van der Waals surface area contributed by atoms with Crippen LogP contribution in [-0.2, 0) is 4.74 Å². The van der Waals surface area contributed by atoms with Gasteiger partial charge in [0.05, 0.1) is 34.0 Å². The number of carbonyl (C=O) groups is 1. The molecule has 1 fully saturated rings. The number of hydrogen-bond acceptors (Lipinski definition) is 5. The number of ether oxygens (including phenoxy) is 1. The van der Waals surface area contributed by atoms with Crippen molar-refractivity contribution in [2.45, 2.75) is 0 Å². The number of amides is 1. The van der Waals surface area contributed by atoms with Crippen LogP contribution in [0.3, 0.4) is 0 Å². The standard InChI is InChI=1S/C20H18BrCl2N3O2S.ClH/c21-13-1-3-16(23)15(11-13)19(27)26(6-5-25-7-9-28-10-8-25)20-24-17-4-2-14(22)12-18(17)29-20;/h1-4,11-12H,5-10H2;1H. The van der Waals surface area contributed by atoms with Crippen LogP contribution in [-0.4, -0.2) is 55.2 Å². The number of aromatic nitrogens is 1. The van der Waals surface area contributed by atoms with E-state index in [0.29, 0.717) is 40.5 Å². The monoisotopic (exact) mass is 549 g/mol. The van der Waals surface area contributed by atoms with Crippen LogP contribution in [0.2, 0.25) is 10.0 Å². The van der Waals surface area contributed by atoms with Gasteiger partial charge >= 0.3 is 0 Å². The van der Waals surface area contributed by atoms with E-state index in [1.165, 1.54) is 11.3 Å². The molecule has 30 heavy (non-hydrogen) atoms. The fourth-order valence-electron chi connectivity index (χ4n) is 3.16. The molecule has 0 aliphatic carbocycles. The second-order valence-electron chi connectivity index (χ2n) is 6.64. The lowest BCUT2D eigenvalue weighted by Gasteiger charge is -2.29. The third-order valence-electron chi connectivity index (χ3n) is 4.72. The van der Waals surface area contributed by atoms with E-state index in [0.717, 1.165) is 34.3 Å². The molecule has 1 aliphatic heterocycles. The lowest BCUT2D eigenvalue weighted by molar-refractivity contribution is 0.0391. The maximum absolute atomic E-state index is 13.5. The van der Waals surface area contributed by atoms with Gasteiger partial charge in [-0.25, -0.2) is 4.98 Å². The summed E-state index contributed by atoms with van der Waals surface area (Å²) in [7, 11) is 0. The fraction of sp³-hybridized carbons (Fsp3) is 0.300. The van der Waals surface area contributed by atoms with Crippen LogP contribution in [0.1, 0.15) is 10.4 Å². The lowest BCUT2D eigenvalue weighted by atomic mass is 10.2. The molecule has 0 saturated carbocycles. The van der Waals surface area contributed by atoms with E-state index in [-0.39, 0.29) is 18.3 Å². The summed E-state index contributed by atoms with van der Waals surface area (Å²) in [6.07, 6.45) is 0. The molecular weight excluding hydrogens is 533 g/mol. The van der Waals surface area contributed by atoms with Gasteiger partial charge in [-0.3, -0.25) is 14.6 Å². The minimum atomic E-state index is -0.172. The Kier molecular flexibility index (Phi) is 8.38. The Balaban J connectivity index is 0.00000256. The predicted molar refractivity (Wildman–Crippen MR) is 130 cm³/mol. The van der Waals surface area contributed by atoms with Crippen molar-refractivity contribution in [3.05, 3.63) is 56.5 Å². The van der Waals surface area contributed by atoms with Crippen molar-refractivity contribution in [3.8, 4) is 0 Å². The van der Waals surface area contributed by atoms with Gasteiger partial charge in [0.1, 0.15) is 0 Å². The van der Waals surface area contributed by atoms with Crippen molar-refractivity contribution in [3.63, 3.8) is 0 Å². The molecule has 1 amide bonds. The first-order valence-corrected chi connectivity index (χ1v) is 11.5. The Bertz CT molecular complexity index is 1040. The van der Waals surface area contributed by atoms with Gasteiger partial charge in [-0.05, 0) is 36.4 Å². The van der Waals surface area contributed by atoms with Crippen LogP contribution in [0.5, 0.6) is 0 Å². The van der Waals surface area contributed by atoms with Crippen molar-refractivity contribution in [1.29, 1.82) is 0 Å². The molecule has 10 heteroatoms. The topological polar surface area (TPSA) is 45.7 Å². The number of fused-ring (bicyclic) bond motifs is 1. The van der Waals surface area contributed by atoms with Crippen molar-refractivity contribution >= 4 is 84.1 Å². The molecule has 0 radical (unpaired) electrons. The third kappa shape index (κ3) is 5.46. The molecule has 2 heterocycles. The summed E-state index contributed by atoms with van der Waals surface area (Å²) in [4.78, 5) is 22.1. The van der Waals surface area contributed by atoms with E-state index in [2.05, 4.69) is 25.8 Å². The van der Waals surface area contributed by atoms with Gasteiger partial charge in [0.2, 0.25) is 0 Å². The molecule has 1 aliphatic rings. The van der Waals surface area contributed by atoms with E-state index in [1.54, 1.807) is 23.1 Å². The molecular formula is C20H19BrCl3N3O2S. The number of hydrogen-bond donors (Lipinski definition) is 0. The highest BCUT2D eigenvalue weighted by atomic mass is 79.9. The lowest BCUT2D eigenvalue weighted by Crippen LogP contribution is -2.43. The van der Waals surface area contributed by atoms with E-state index in [9.17, 15) is 4.79 Å². The zero-order valence-electron chi connectivity index (χ0n) is 15.8. The summed E-state index contributed by atoms with van der Waals surface area (Å²) in [5, 5.41) is 1.70. The first kappa shape index (κ1) is 23.7. The quantitative estimate of drug-likeness (QED) is 0.404. The summed E-state index contributed by atoms with van der Waals surface area (Å²) in [6, 6.07) is 10.8. The highest BCUT2D eigenvalue weighted by Crippen LogP contribution is 2.32. The Morgan fingerprint density at radius 2 is 1.97 bits per heavy atom. The van der Waals surface area contributed by atoms with Crippen LogP contribution in [0.15, 0.2) is 40.9 Å². The summed E-state index contributed by atoms with van der Waals surface area (Å²) in [5.74, 6) is -0.172. The molecule has 4 rings (SSSR count). The number of halogens is 4. The third-order valence-corrected chi connectivity index (χ3v) is 6.82. The number of anilines is 1. The zero-order valence-corrected chi connectivity index (χ0v) is 20.5. The van der Waals surface area contributed by atoms with Gasteiger partial charge in [-0.2, -0.15) is 0 Å². The van der Waals surface area contributed by atoms with Crippen LogP contribution >= 0.6 is 62.9 Å². The molecule has 1 saturated heterocycles. The number of morpholine rings is 1. The molecule has 1 aromatic heterocycles. The summed E-state index contributed by atoms with van der Waals surface area (Å²) in [6.45, 7) is 4.38. The van der Waals surface area contributed by atoms with Gasteiger partial charge in [0.15, 0.2) is 5.13 Å². The predicted octanol–water partition coefficient (Wildman–Crippen LogP) is 5.77. The largest absolute Gasteiger partial charge is 0.379 e. The number of nitrogens with zero attached hydrogens (tertiary/aromatic N) is 3. The Morgan fingerprint density at radius 3 is 2.73 bits per heavy atom. The fourth-order valence-corrected chi connectivity index (χ4v) is 4.98. The van der Waals surface area contributed by atoms with E-state index in [4.69, 9.17) is 27.9 Å². The first-order valence-electron chi connectivity index (χ1n) is 9.14. The second kappa shape index (κ2) is 10.6. The molecule has 0 N–H and O–H groups in total. The summed E-state index contributed by atoms with van der Waals surface area (Å²) >= 11 is 17.3. The Labute approximate surface area is 203 Å². The highest BCUT2D eigenvalue weighted by Gasteiger charge is 2.24. The van der Waals surface area contributed by atoms with Crippen molar-refractivity contribution in [2.75, 3.05) is 44.3 Å². The summed E-state index contributed by atoms with van der Waals surface area (Å²) in [5.41, 5.74) is 1.26. The van der Waals surface area contributed by atoms with E-state index in [1.807, 2.05) is 18.2 Å². The molecule has 3 aromatic rings. The van der Waals surface area contributed by atoms with Crippen LogP contribution in [0.25, 0.3) is 10.2 Å². The normalized spacial score (nSPS) is 14.5. The average molecular weight is 552 g/mol. The maximum Gasteiger partial charge on any atom is 0.261 e. The van der Waals surface area contributed by atoms with Crippen molar-refractivity contribution in [1.82, 2.24) is 9.88 Å². The minimum Gasteiger partial charge on any atom is -0.379 e. The Hall–Kier alpha value is -0.930. The minimum absolute atomic E-state index is 0.